The van der Waals surface area contributed by atoms with E-state index in [0.717, 1.165) is 16.8 Å². The summed E-state index contributed by atoms with van der Waals surface area (Å²) in [5.74, 6) is -1.08. The molecule has 9 heteroatoms. The molecule has 0 aliphatic heterocycles. The highest BCUT2D eigenvalue weighted by atomic mass is 16.2. The van der Waals surface area contributed by atoms with Crippen molar-refractivity contribution in [1.82, 2.24) is 19.8 Å². The van der Waals surface area contributed by atoms with E-state index >= 15 is 0 Å². The highest BCUT2D eigenvalue weighted by Gasteiger charge is 2.17. The minimum atomic E-state index is -0.555. The minimum Gasteiger partial charge on any atom is -0.326 e. The zero-order valence-corrected chi connectivity index (χ0v) is 18.7. The summed E-state index contributed by atoms with van der Waals surface area (Å²) in [7, 11) is 1.85. The second-order valence-electron chi connectivity index (χ2n) is 7.78. The van der Waals surface area contributed by atoms with E-state index in [4.69, 9.17) is 5.73 Å². The highest BCUT2D eigenvalue weighted by Crippen LogP contribution is 2.12. The Hall–Kier alpha value is -3.72. The number of aromatic nitrogens is 3. The first-order valence-corrected chi connectivity index (χ1v) is 10.3. The molecule has 4 N–H and O–H groups in total. The molecular weight excluding hydrogens is 408 g/mol. The van der Waals surface area contributed by atoms with Crippen molar-refractivity contribution in [3.05, 3.63) is 86.1 Å². The van der Waals surface area contributed by atoms with Crippen molar-refractivity contribution < 1.29 is 9.59 Å². The second kappa shape index (κ2) is 9.61. The van der Waals surface area contributed by atoms with Crippen LogP contribution in [0.4, 0.5) is 0 Å². The molecule has 0 unspecified atom stereocenters. The number of rotatable bonds is 7. The van der Waals surface area contributed by atoms with Crippen LogP contribution in [0.15, 0.2) is 41.5 Å². The van der Waals surface area contributed by atoms with Gasteiger partial charge in [0.25, 0.3) is 11.5 Å². The second-order valence-corrected chi connectivity index (χ2v) is 7.78. The van der Waals surface area contributed by atoms with E-state index in [1.54, 1.807) is 42.2 Å². The molecular formula is C23H28N6O3. The molecule has 0 atom stereocenters. The molecule has 0 saturated heterocycles. The molecule has 32 heavy (non-hydrogen) atoms. The molecule has 2 amide bonds. The maximum atomic E-state index is 12.9. The lowest BCUT2D eigenvalue weighted by atomic mass is 10.0. The van der Waals surface area contributed by atoms with Crippen LogP contribution >= 0.6 is 0 Å². The molecule has 3 rings (SSSR count). The van der Waals surface area contributed by atoms with Gasteiger partial charge in [0.1, 0.15) is 0 Å². The summed E-state index contributed by atoms with van der Waals surface area (Å²) in [6.45, 7) is 6.14. The molecule has 0 bridgehead atoms. The maximum Gasteiger partial charge on any atom is 0.272 e. The van der Waals surface area contributed by atoms with Crippen LogP contribution in [0.5, 0.6) is 0 Å². The van der Waals surface area contributed by atoms with Gasteiger partial charge in [-0.2, -0.15) is 5.10 Å². The Kier molecular flexibility index (Phi) is 6.89. The van der Waals surface area contributed by atoms with Crippen molar-refractivity contribution >= 4 is 11.8 Å². The van der Waals surface area contributed by atoms with Crippen LogP contribution in [0.1, 0.15) is 43.9 Å². The normalized spacial score (nSPS) is 10.8. The third-order valence-electron chi connectivity index (χ3n) is 5.52. The molecule has 0 spiro atoms. The summed E-state index contributed by atoms with van der Waals surface area (Å²) in [6, 6.07) is 7.07. The van der Waals surface area contributed by atoms with Crippen molar-refractivity contribution in [3.63, 3.8) is 0 Å². The monoisotopic (exact) mass is 436 g/mol. The molecule has 0 saturated carbocycles. The van der Waals surface area contributed by atoms with Crippen molar-refractivity contribution in [2.24, 2.45) is 12.8 Å². The number of carbonyl (C=O) groups is 2. The Morgan fingerprint density at radius 3 is 2.53 bits per heavy atom. The van der Waals surface area contributed by atoms with Crippen molar-refractivity contribution in [1.29, 1.82) is 0 Å². The van der Waals surface area contributed by atoms with Gasteiger partial charge in [0.15, 0.2) is 0 Å². The number of imide groups is 1. The molecule has 168 valence electrons. The number of nitrogens with two attached hydrogens (primary N) is 1. The largest absolute Gasteiger partial charge is 0.326 e. The minimum absolute atomic E-state index is 0.182. The van der Waals surface area contributed by atoms with Crippen LogP contribution in [-0.4, -0.2) is 26.3 Å². The van der Waals surface area contributed by atoms with Gasteiger partial charge in [0, 0.05) is 42.2 Å². The topological polar surface area (TPSA) is 124 Å². The highest BCUT2D eigenvalue weighted by molar-refractivity contribution is 6.06. The fourth-order valence-corrected chi connectivity index (χ4v) is 3.37. The summed E-state index contributed by atoms with van der Waals surface area (Å²) in [6.07, 6.45) is 3.15. The molecule has 3 aromatic rings. The van der Waals surface area contributed by atoms with Crippen LogP contribution in [0, 0.1) is 20.8 Å². The van der Waals surface area contributed by atoms with Crippen LogP contribution in [0.25, 0.3) is 0 Å². The third-order valence-corrected chi connectivity index (χ3v) is 5.52. The van der Waals surface area contributed by atoms with Crippen LogP contribution in [-0.2, 0) is 31.4 Å². The van der Waals surface area contributed by atoms with Gasteiger partial charge in [-0.1, -0.05) is 17.7 Å². The Labute approximate surface area is 186 Å². The van der Waals surface area contributed by atoms with Gasteiger partial charge in [0.2, 0.25) is 5.91 Å². The molecule has 0 aliphatic rings. The summed E-state index contributed by atoms with van der Waals surface area (Å²) in [5.41, 5.74) is 13.2. The van der Waals surface area contributed by atoms with E-state index < -0.39 is 11.8 Å². The summed E-state index contributed by atoms with van der Waals surface area (Å²) < 4.78 is 3.10. The van der Waals surface area contributed by atoms with Crippen LogP contribution < -0.4 is 22.0 Å². The summed E-state index contributed by atoms with van der Waals surface area (Å²) >= 11 is 0. The van der Waals surface area contributed by atoms with Gasteiger partial charge in [-0.05, 0) is 44.0 Å². The molecule has 1 aromatic carbocycles. The number of hydrogen-bond donors (Lipinski definition) is 3. The zero-order valence-electron chi connectivity index (χ0n) is 18.7. The smallest absolute Gasteiger partial charge is 0.272 e. The van der Waals surface area contributed by atoms with E-state index in [9.17, 15) is 14.4 Å². The number of benzene rings is 1. The SMILES string of the molecule is Cc1ccc(CN)c(C(=O)NC(=O)Cc2c(C)ccn(NCc3cnn(C)c3C)c2=O)c1. The van der Waals surface area contributed by atoms with Crippen molar-refractivity contribution in [3.8, 4) is 0 Å². The summed E-state index contributed by atoms with van der Waals surface area (Å²) in [4.78, 5) is 38.1. The number of aryl methyl sites for hydroxylation is 3. The van der Waals surface area contributed by atoms with E-state index in [1.807, 2.05) is 27.0 Å². The average molecular weight is 437 g/mol. The fourth-order valence-electron chi connectivity index (χ4n) is 3.37. The van der Waals surface area contributed by atoms with Gasteiger partial charge < -0.3 is 11.2 Å². The lowest BCUT2D eigenvalue weighted by Crippen LogP contribution is -2.37. The predicted molar refractivity (Wildman–Crippen MR) is 122 cm³/mol. The average Bonchev–Trinajstić information content (AvgIpc) is 3.08. The van der Waals surface area contributed by atoms with Crippen LogP contribution in [0.2, 0.25) is 0 Å². The van der Waals surface area contributed by atoms with Crippen molar-refractivity contribution in [2.45, 2.75) is 40.3 Å². The van der Waals surface area contributed by atoms with E-state index in [1.165, 1.54) is 4.68 Å². The molecule has 9 nitrogen and oxygen atoms in total. The number of carbonyl (C=O) groups excluding carboxylic acids is 2. The molecule has 0 fully saturated rings. The number of hydrogen-bond acceptors (Lipinski definition) is 6. The Morgan fingerprint density at radius 2 is 1.88 bits per heavy atom. The number of nitrogens with zero attached hydrogens (tertiary/aromatic N) is 3. The van der Waals surface area contributed by atoms with E-state index in [2.05, 4.69) is 15.8 Å². The molecule has 2 heterocycles. The molecule has 0 aliphatic carbocycles. The van der Waals surface area contributed by atoms with Crippen molar-refractivity contribution in [2.75, 3.05) is 5.43 Å². The first kappa shape index (κ1) is 23.0. The van der Waals surface area contributed by atoms with Crippen LogP contribution in [0.3, 0.4) is 0 Å². The first-order valence-electron chi connectivity index (χ1n) is 10.3. The Balaban J connectivity index is 1.74. The maximum absolute atomic E-state index is 12.9. The lowest BCUT2D eigenvalue weighted by Gasteiger charge is -2.13. The zero-order chi connectivity index (χ0) is 23.4. The molecule has 2 aromatic heterocycles. The Morgan fingerprint density at radius 1 is 1.12 bits per heavy atom. The van der Waals surface area contributed by atoms with Gasteiger partial charge in [-0.15, -0.1) is 0 Å². The predicted octanol–water partition coefficient (Wildman–Crippen LogP) is 1.21. The number of nitrogens with one attached hydrogen (secondary N) is 2. The number of pyridine rings is 1. The molecule has 0 radical (unpaired) electrons. The van der Waals surface area contributed by atoms with E-state index in [-0.39, 0.29) is 18.5 Å². The standard InChI is InChI=1S/C23H28N6O3/c1-14-5-6-17(11-24)20(9-14)22(31)27-21(30)10-19-15(2)7-8-29(23(19)32)26-13-18-12-25-28(4)16(18)3/h5-9,12,26H,10-11,13,24H2,1-4H3,(H,27,30,31). The fraction of sp³-hybridized carbons (Fsp3) is 0.304. The lowest BCUT2D eigenvalue weighted by molar-refractivity contribution is -0.119. The first-order chi connectivity index (χ1) is 15.2. The van der Waals surface area contributed by atoms with E-state index in [0.29, 0.717) is 28.8 Å². The quantitative estimate of drug-likeness (QED) is 0.511. The van der Waals surface area contributed by atoms with Gasteiger partial charge >= 0.3 is 0 Å². The van der Waals surface area contributed by atoms with Gasteiger partial charge in [-0.3, -0.25) is 24.4 Å². The van der Waals surface area contributed by atoms with Gasteiger partial charge in [0.05, 0.1) is 19.2 Å². The van der Waals surface area contributed by atoms with Gasteiger partial charge in [-0.25, -0.2) is 4.68 Å². The summed E-state index contributed by atoms with van der Waals surface area (Å²) in [5, 5.41) is 6.56. The third kappa shape index (κ3) is 4.94. The Bertz CT molecular complexity index is 1220. The number of amides is 2.